The van der Waals surface area contributed by atoms with Crippen molar-refractivity contribution in [2.24, 2.45) is 0 Å². The Morgan fingerprint density at radius 1 is 0.789 bits per heavy atom. The molecular formula is C29H22Cl2N2O4S. The van der Waals surface area contributed by atoms with E-state index < -0.39 is 21.8 Å². The van der Waals surface area contributed by atoms with Gasteiger partial charge >= 0.3 is 0 Å². The predicted octanol–water partition coefficient (Wildman–Crippen LogP) is 6.03. The van der Waals surface area contributed by atoms with Crippen molar-refractivity contribution < 1.29 is 18.0 Å². The number of nitrogens with zero attached hydrogens (tertiary/aromatic N) is 1. The first-order valence-electron chi connectivity index (χ1n) is 11.8. The second kappa shape index (κ2) is 10.6. The van der Waals surface area contributed by atoms with E-state index in [2.05, 4.69) is 5.32 Å². The van der Waals surface area contributed by atoms with Crippen LogP contribution in [0.3, 0.4) is 0 Å². The third-order valence-electron chi connectivity index (χ3n) is 6.42. The molecule has 6 nitrogen and oxygen atoms in total. The van der Waals surface area contributed by atoms with E-state index in [1.54, 1.807) is 36.4 Å². The number of hydrogen-bond acceptors (Lipinski definition) is 4. The maximum absolute atomic E-state index is 14.0. The lowest BCUT2D eigenvalue weighted by Crippen LogP contribution is -2.46. The molecule has 0 radical (unpaired) electrons. The number of amides is 2. The number of carbonyl (C=O) groups is 2. The molecule has 0 bridgehead atoms. The highest BCUT2D eigenvalue weighted by Gasteiger charge is 2.37. The van der Waals surface area contributed by atoms with Gasteiger partial charge in [-0.25, -0.2) is 8.42 Å². The first-order chi connectivity index (χ1) is 18.3. The monoisotopic (exact) mass is 564 g/mol. The molecule has 1 aliphatic heterocycles. The minimum absolute atomic E-state index is 0.0395. The van der Waals surface area contributed by atoms with E-state index in [1.165, 1.54) is 35.2 Å². The van der Waals surface area contributed by atoms with E-state index in [1.807, 2.05) is 30.3 Å². The average Bonchev–Trinajstić information content (AvgIpc) is 3.00. The van der Waals surface area contributed by atoms with Crippen molar-refractivity contribution in [1.29, 1.82) is 0 Å². The number of hydrogen-bond donors (Lipinski definition) is 1. The number of halogens is 2. The molecule has 0 fully saturated rings. The summed E-state index contributed by atoms with van der Waals surface area (Å²) in [6.45, 7) is -0.128. The number of rotatable bonds is 6. The van der Waals surface area contributed by atoms with Gasteiger partial charge in [-0.2, -0.15) is 0 Å². The van der Waals surface area contributed by atoms with Gasteiger partial charge in [0.2, 0.25) is 15.7 Å². The summed E-state index contributed by atoms with van der Waals surface area (Å²) in [4.78, 5) is 29.0. The van der Waals surface area contributed by atoms with E-state index in [-0.39, 0.29) is 39.2 Å². The van der Waals surface area contributed by atoms with Gasteiger partial charge in [0.1, 0.15) is 6.04 Å². The number of nitrogens with one attached hydrogen (secondary N) is 1. The number of carbonyl (C=O) groups excluding carboxylic acids is 2. The summed E-state index contributed by atoms with van der Waals surface area (Å²) < 4.78 is 27.2. The second-order valence-corrected chi connectivity index (χ2v) is 11.6. The van der Waals surface area contributed by atoms with Crippen LogP contribution in [-0.4, -0.2) is 31.2 Å². The topological polar surface area (TPSA) is 83.6 Å². The van der Waals surface area contributed by atoms with E-state index >= 15 is 0 Å². The molecule has 0 saturated heterocycles. The van der Waals surface area contributed by atoms with Crippen molar-refractivity contribution >= 4 is 50.5 Å². The quantitative estimate of drug-likeness (QED) is 0.310. The molecule has 5 rings (SSSR count). The third-order valence-corrected chi connectivity index (χ3v) is 8.86. The Morgan fingerprint density at radius 2 is 1.47 bits per heavy atom. The van der Waals surface area contributed by atoms with E-state index in [4.69, 9.17) is 23.2 Å². The average molecular weight is 565 g/mol. The molecule has 0 saturated carbocycles. The van der Waals surface area contributed by atoms with Crippen molar-refractivity contribution in [1.82, 2.24) is 4.90 Å². The van der Waals surface area contributed by atoms with Gasteiger partial charge < -0.3 is 10.2 Å². The summed E-state index contributed by atoms with van der Waals surface area (Å²) in [7, 11) is -3.95. The van der Waals surface area contributed by atoms with Crippen molar-refractivity contribution in [2.45, 2.75) is 28.8 Å². The molecule has 1 N–H and O–H groups in total. The molecule has 9 heteroatoms. The second-order valence-electron chi connectivity index (χ2n) is 8.86. The molecule has 2 amide bonds. The van der Waals surface area contributed by atoms with Gasteiger partial charge in [0.15, 0.2) is 0 Å². The zero-order chi connectivity index (χ0) is 26.9. The Morgan fingerprint density at radius 3 is 2.21 bits per heavy atom. The summed E-state index contributed by atoms with van der Waals surface area (Å²) in [5, 5.41) is 3.45. The lowest BCUT2D eigenvalue weighted by molar-refractivity contribution is -0.120. The number of sulfone groups is 1. The maximum atomic E-state index is 14.0. The van der Waals surface area contributed by atoms with Gasteiger partial charge in [-0.05, 0) is 53.6 Å². The molecule has 0 aromatic heterocycles. The Labute approximate surface area is 230 Å². The fourth-order valence-corrected chi connectivity index (χ4v) is 6.40. The Bertz CT molecular complexity index is 1620. The molecule has 1 heterocycles. The van der Waals surface area contributed by atoms with Crippen LogP contribution in [-0.2, 0) is 27.6 Å². The fourth-order valence-electron chi connectivity index (χ4n) is 4.53. The zero-order valence-electron chi connectivity index (χ0n) is 20.0. The molecule has 192 valence electrons. The van der Waals surface area contributed by atoms with Crippen molar-refractivity contribution in [3.05, 3.63) is 124 Å². The van der Waals surface area contributed by atoms with E-state index in [9.17, 15) is 18.0 Å². The van der Waals surface area contributed by atoms with Crippen molar-refractivity contribution in [3.63, 3.8) is 0 Å². The van der Waals surface area contributed by atoms with Crippen LogP contribution in [0.1, 0.15) is 21.5 Å². The summed E-state index contributed by atoms with van der Waals surface area (Å²) in [5.41, 5.74) is 1.70. The molecule has 1 unspecified atom stereocenters. The lowest BCUT2D eigenvalue weighted by atomic mass is 10.0. The SMILES string of the molecule is O=C1Nc2cccc(Cl)c2C(=O)N(Cc2ccccc2S(=O)(=O)c2ccc(Cl)cc2)C1Cc1ccccc1. The molecule has 0 aliphatic carbocycles. The molecule has 4 aromatic rings. The van der Waals surface area contributed by atoms with Crippen LogP contribution in [0, 0.1) is 0 Å². The van der Waals surface area contributed by atoms with Crippen molar-refractivity contribution in [2.75, 3.05) is 5.32 Å². The van der Waals surface area contributed by atoms with Gasteiger partial charge in [-0.15, -0.1) is 0 Å². The van der Waals surface area contributed by atoms with Gasteiger partial charge in [0, 0.05) is 18.0 Å². The highest BCUT2D eigenvalue weighted by atomic mass is 35.5. The van der Waals surface area contributed by atoms with Gasteiger partial charge in [-0.1, -0.05) is 77.8 Å². The molecule has 1 atom stereocenters. The highest BCUT2D eigenvalue weighted by molar-refractivity contribution is 7.91. The summed E-state index contributed by atoms with van der Waals surface area (Å²) in [6.07, 6.45) is 0.232. The minimum Gasteiger partial charge on any atom is -0.323 e. The Balaban J connectivity index is 1.61. The number of fused-ring (bicyclic) bond motifs is 1. The lowest BCUT2D eigenvalue weighted by Gasteiger charge is -2.30. The van der Waals surface area contributed by atoms with Crippen LogP contribution >= 0.6 is 23.2 Å². The summed E-state index contributed by atoms with van der Waals surface area (Å²) in [5.74, 6) is -0.857. The first kappa shape index (κ1) is 26.0. The minimum atomic E-state index is -3.95. The molecule has 1 aliphatic rings. The number of benzene rings is 4. The maximum Gasteiger partial charge on any atom is 0.258 e. The van der Waals surface area contributed by atoms with E-state index in [0.29, 0.717) is 16.3 Å². The standard InChI is InChI=1S/C29H22Cl2N2O4S/c30-21-13-15-22(16-14-21)38(36,37)26-12-5-4-9-20(26)18-33-25(17-19-7-2-1-3-8-19)28(34)32-24-11-6-10-23(31)27(24)29(33)35/h1-16,25H,17-18H2,(H,32,34). The molecular weight excluding hydrogens is 543 g/mol. The highest BCUT2D eigenvalue weighted by Crippen LogP contribution is 2.33. The Hall–Kier alpha value is -3.65. The summed E-state index contributed by atoms with van der Waals surface area (Å²) in [6, 6.07) is 25.6. The zero-order valence-corrected chi connectivity index (χ0v) is 22.3. The predicted molar refractivity (Wildman–Crippen MR) is 147 cm³/mol. The van der Waals surface area contributed by atoms with Crippen LogP contribution in [0.2, 0.25) is 10.0 Å². The first-order valence-corrected chi connectivity index (χ1v) is 14.0. The van der Waals surface area contributed by atoms with Crippen LogP contribution in [0.4, 0.5) is 5.69 Å². The smallest absolute Gasteiger partial charge is 0.258 e. The van der Waals surface area contributed by atoms with E-state index in [0.717, 1.165) is 5.56 Å². The Kier molecular flexibility index (Phi) is 7.25. The van der Waals surface area contributed by atoms with Crippen LogP contribution in [0.25, 0.3) is 0 Å². The molecule has 4 aromatic carbocycles. The van der Waals surface area contributed by atoms with Crippen molar-refractivity contribution in [3.8, 4) is 0 Å². The molecule has 38 heavy (non-hydrogen) atoms. The normalized spacial score (nSPS) is 15.5. The van der Waals surface area contributed by atoms with Crippen LogP contribution < -0.4 is 5.32 Å². The van der Waals surface area contributed by atoms with Crippen LogP contribution in [0.15, 0.2) is 107 Å². The molecule has 0 spiro atoms. The van der Waals surface area contributed by atoms with Gasteiger partial charge in [-0.3, -0.25) is 9.59 Å². The fraction of sp³-hybridized carbons (Fsp3) is 0.103. The summed E-state index contributed by atoms with van der Waals surface area (Å²) >= 11 is 12.4. The number of anilines is 1. The van der Waals surface area contributed by atoms with Gasteiger partial charge in [0.25, 0.3) is 5.91 Å². The van der Waals surface area contributed by atoms with Gasteiger partial charge in [0.05, 0.1) is 26.1 Å². The third kappa shape index (κ3) is 5.05. The van der Waals surface area contributed by atoms with Crippen LogP contribution in [0.5, 0.6) is 0 Å². The largest absolute Gasteiger partial charge is 0.323 e.